The quantitative estimate of drug-likeness (QED) is 0.508. The highest BCUT2D eigenvalue weighted by Gasteiger charge is 2.36. The van der Waals surface area contributed by atoms with Crippen LogP contribution in [0.5, 0.6) is 0 Å². The van der Waals surface area contributed by atoms with Gasteiger partial charge in [-0.25, -0.2) is 8.42 Å². The lowest BCUT2D eigenvalue weighted by molar-refractivity contribution is 0.0670. The van der Waals surface area contributed by atoms with Crippen molar-refractivity contribution in [3.05, 3.63) is 76.5 Å². The predicted molar refractivity (Wildman–Crippen MR) is 133 cm³/mol. The average Bonchev–Trinajstić information content (AvgIpc) is 3.40. The summed E-state index contributed by atoms with van der Waals surface area (Å²) in [4.78, 5) is 15.2. The Kier molecular flexibility index (Phi) is 6.42. The third-order valence-corrected chi connectivity index (χ3v) is 8.35. The summed E-state index contributed by atoms with van der Waals surface area (Å²) < 4.78 is 29.9. The second-order valence-electron chi connectivity index (χ2n) is 10.3. The van der Waals surface area contributed by atoms with Gasteiger partial charge in [0, 0.05) is 24.2 Å². The number of sulfone groups is 1. The van der Waals surface area contributed by atoms with Crippen molar-refractivity contribution in [2.45, 2.75) is 59.0 Å². The highest BCUT2D eigenvalue weighted by atomic mass is 32.2. The van der Waals surface area contributed by atoms with E-state index in [0.717, 1.165) is 16.7 Å². The Morgan fingerprint density at radius 1 is 1.06 bits per heavy atom. The van der Waals surface area contributed by atoms with Crippen molar-refractivity contribution in [2.24, 2.45) is 0 Å². The Hall–Kier alpha value is -2.93. The third kappa shape index (κ3) is 5.25. The molecule has 1 saturated heterocycles. The van der Waals surface area contributed by atoms with Crippen LogP contribution in [0.2, 0.25) is 0 Å². The summed E-state index contributed by atoms with van der Waals surface area (Å²) in [5.41, 5.74) is 5.50. The molecule has 2 heterocycles. The first-order chi connectivity index (χ1) is 15.9. The maximum absolute atomic E-state index is 13.5. The number of aryl methyl sites for hydroxylation is 2. The van der Waals surface area contributed by atoms with Crippen LogP contribution >= 0.6 is 0 Å². The van der Waals surface area contributed by atoms with Crippen LogP contribution in [-0.2, 0) is 21.8 Å². The molecule has 1 aromatic heterocycles. The Labute approximate surface area is 201 Å². The molecule has 1 aliphatic rings. The van der Waals surface area contributed by atoms with Crippen LogP contribution < -0.4 is 0 Å². The number of amides is 1. The summed E-state index contributed by atoms with van der Waals surface area (Å²) in [5, 5.41) is 4.05. The summed E-state index contributed by atoms with van der Waals surface area (Å²) in [5.74, 6) is 0.262. The van der Waals surface area contributed by atoms with Crippen molar-refractivity contribution in [1.82, 2.24) is 10.1 Å². The van der Waals surface area contributed by atoms with Gasteiger partial charge in [0.05, 0.1) is 11.5 Å². The van der Waals surface area contributed by atoms with Crippen LogP contribution in [0.15, 0.2) is 53.1 Å². The lowest BCUT2D eigenvalue weighted by atomic mass is 9.86. The van der Waals surface area contributed by atoms with Crippen molar-refractivity contribution in [3.63, 3.8) is 0 Å². The van der Waals surface area contributed by atoms with E-state index in [4.69, 9.17) is 4.52 Å². The zero-order chi connectivity index (χ0) is 24.7. The number of benzene rings is 2. The van der Waals surface area contributed by atoms with E-state index in [1.54, 1.807) is 11.0 Å². The lowest BCUT2D eigenvalue weighted by Crippen LogP contribution is -2.40. The van der Waals surface area contributed by atoms with Gasteiger partial charge in [0.2, 0.25) is 0 Å². The molecule has 0 N–H and O–H groups in total. The largest absolute Gasteiger partial charge is 0.355 e. The molecule has 6 nitrogen and oxygen atoms in total. The van der Waals surface area contributed by atoms with Gasteiger partial charge in [-0.05, 0) is 54.0 Å². The maximum atomic E-state index is 13.5. The van der Waals surface area contributed by atoms with Gasteiger partial charge in [-0.1, -0.05) is 62.3 Å². The van der Waals surface area contributed by atoms with Gasteiger partial charge in [-0.3, -0.25) is 4.79 Å². The number of carbonyl (C=O) groups is 1. The Morgan fingerprint density at radius 2 is 1.76 bits per heavy atom. The van der Waals surface area contributed by atoms with Gasteiger partial charge in [-0.2, -0.15) is 0 Å². The second-order valence-corrected chi connectivity index (χ2v) is 12.5. The number of nitrogens with zero attached hydrogens (tertiary/aromatic N) is 2. The molecule has 1 amide bonds. The maximum Gasteiger partial charge on any atom is 0.276 e. The lowest BCUT2D eigenvalue weighted by Gasteiger charge is -2.28. The minimum Gasteiger partial charge on any atom is -0.355 e. The van der Waals surface area contributed by atoms with E-state index in [2.05, 4.69) is 38.1 Å². The zero-order valence-corrected chi connectivity index (χ0v) is 21.3. The fourth-order valence-corrected chi connectivity index (χ4v) is 5.98. The van der Waals surface area contributed by atoms with Crippen molar-refractivity contribution >= 4 is 15.7 Å². The van der Waals surface area contributed by atoms with Crippen molar-refractivity contribution < 1.29 is 17.7 Å². The first kappa shape index (κ1) is 24.2. The molecule has 0 saturated carbocycles. The molecule has 7 heteroatoms. The highest BCUT2D eigenvalue weighted by molar-refractivity contribution is 7.91. The first-order valence-electron chi connectivity index (χ1n) is 11.6. The summed E-state index contributed by atoms with van der Waals surface area (Å²) in [6, 6.07) is 15.4. The predicted octanol–water partition coefficient (Wildman–Crippen LogP) is 5.09. The molecular formula is C27H32N2O4S. The van der Waals surface area contributed by atoms with Gasteiger partial charge >= 0.3 is 0 Å². The summed E-state index contributed by atoms with van der Waals surface area (Å²) in [6.07, 6.45) is 0.427. The van der Waals surface area contributed by atoms with Crippen LogP contribution in [0.3, 0.4) is 0 Å². The Balaban J connectivity index is 1.62. The van der Waals surface area contributed by atoms with Crippen LogP contribution in [-0.4, -0.2) is 41.9 Å². The molecule has 3 aromatic rings. The van der Waals surface area contributed by atoms with Gasteiger partial charge in [0.25, 0.3) is 5.91 Å². The van der Waals surface area contributed by atoms with E-state index in [-0.39, 0.29) is 34.6 Å². The van der Waals surface area contributed by atoms with Crippen LogP contribution in [0, 0.1) is 13.8 Å². The fraction of sp³-hybridized carbons (Fsp3) is 0.407. The van der Waals surface area contributed by atoms with E-state index < -0.39 is 9.84 Å². The van der Waals surface area contributed by atoms with Crippen molar-refractivity contribution in [3.8, 4) is 11.3 Å². The van der Waals surface area contributed by atoms with Crippen molar-refractivity contribution in [1.29, 1.82) is 0 Å². The number of hydrogen-bond acceptors (Lipinski definition) is 5. The normalized spacial score (nSPS) is 17.6. The monoisotopic (exact) mass is 480 g/mol. The summed E-state index contributed by atoms with van der Waals surface area (Å²) in [6.45, 7) is 10.8. The van der Waals surface area contributed by atoms with Gasteiger partial charge in [-0.15, -0.1) is 0 Å². The molecule has 1 aliphatic heterocycles. The Bertz CT molecular complexity index is 1300. The molecule has 180 valence electrons. The third-order valence-electron chi connectivity index (χ3n) is 6.60. The summed E-state index contributed by atoms with van der Waals surface area (Å²) in [7, 11) is -3.16. The topological polar surface area (TPSA) is 80.5 Å². The van der Waals surface area contributed by atoms with E-state index >= 15 is 0 Å². The molecule has 0 spiro atoms. The average molecular weight is 481 g/mol. The number of aromatic nitrogens is 1. The fourth-order valence-electron chi connectivity index (χ4n) is 4.25. The van der Waals surface area contributed by atoms with Crippen LogP contribution in [0.1, 0.15) is 59.9 Å². The minimum absolute atomic E-state index is 0.0268. The minimum atomic E-state index is -3.16. The molecule has 2 aromatic carbocycles. The van der Waals surface area contributed by atoms with Crippen LogP contribution in [0.4, 0.5) is 0 Å². The van der Waals surface area contributed by atoms with Gasteiger partial charge in [0.1, 0.15) is 0 Å². The highest BCUT2D eigenvalue weighted by Crippen LogP contribution is 2.27. The molecule has 0 bridgehead atoms. The van der Waals surface area contributed by atoms with Crippen LogP contribution in [0.25, 0.3) is 11.3 Å². The Morgan fingerprint density at radius 3 is 2.35 bits per heavy atom. The van der Waals surface area contributed by atoms with E-state index in [1.807, 2.05) is 44.2 Å². The molecule has 0 unspecified atom stereocenters. The molecule has 0 aliphatic carbocycles. The number of hydrogen-bond donors (Lipinski definition) is 0. The smallest absolute Gasteiger partial charge is 0.276 e. The molecule has 4 rings (SSSR count). The standard InChI is InChI=1S/C27H32N2O4S/c1-18-6-9-21(14-19(18)2)25-15-24(28-33-25)26(30)29(23-12-13-34(31,32)17-23)16-20-7-10-22(11-8-20)27(3,4)5/h6-11,14-15,23H,12-13,16-17H2,1-5H3/t23-/m0/s1. The van der Waals surface area contributed by atoms with Crippen molar-refractivity contribution in [2.75, 3.05) is 11.5 Å². The molecule has 1 fully saturated rings. The molecule has 34 heavy (non-hydrogen) atoms. The zero-order valence-electron chi connectivity index (χ0n) is 20.5. The first-order valence-corrected chi connectivity index (χ1v) is 13.4. The number of rotatable bonds is 5. The van der Waals surface area contributed by atoms with E-state index in [0.29, 0.717) is 18.7 Å². The SMILES string of the molecule is Cc1ccc(-c2cc(C(=O)N(Cc3ccc(C(C)(C)C)cc3)[C@H]3CCS(=O)(=O)C3)no2)cc1C. The van der Waals surface area contributed by atoms with E-state index in [1.165, 1.54) is 11.1 Å². The number of carbonyl (C=O) groups excluding carboxylic acids is 1. The summed E-state index contributed by atoms with van der Waals surface area (Å²) >= 11 is 0. The molecule has 0 radical (unpaired) electrons. The molecule has 1 atom stereocenters. The second kappa shape index (κ2) is 9.02. The van der Waals surface area contributed by atoms with Gasteiger partial charge < -0.3 is 9.42 Å². The van der Waals surface area contributed by atoms with E-state index in [9.17, 15) is 13.2 Å². The van der Waals surface area contributed by atoms with Gasteiger partial charge in [0.15, 0.2) is 21.3 Å². The molecular weight excluding hydrogens is 448 g/mol.